The number of nitrogens with one attached hydrogen (secondary N) is 1. The molecule has 7 nitrogen and oxygen atoms in total. The molecule has 1 rings (SSSR count). The van der Waals surface area contributed by atoms with E-state index in [9.17, 15) is 13.2 Å². The van der Waals surface area contributed by atoms with Crippen molar-refractivity contribution in [2.75, 3.05) is 12.3 Å². The number of hydrogen-bond acceptors (Lipinski definition) is 5. The summed E-state index contributed by atoms with van der Waals surface area (Å²) in [5, 5.41) is 10.8. The molecular formula is C8H13N3O4S. The average Bonchev–Trinajstić information content (AvgIpc) is 2.57. The van der Waals surface area contributed by atoms with E-state index >= 15 is 0 Å². The lowest BCUT2D eigenvalue weighted by molar-refractivity contribution is 0.0944. The second-order valence-corrected chi connectivity index (χ2v) is 5.03. The van der Waals surface area contributed by atoms with Crippen molar-refractivity contribution >= 4 is 15.9 Å². The van der Waals surface area contributed by atoms with Crippen LogP contribution in [0.3, 0.4) is 0 Å². The molecule has 0 aromatic carbocycles. The maximum atomic E-state index is 11.4. The smallest absolute Gasteiger partial charge is 0.273 e. The van der Waals surface area contributed by atoms with E-state index in [2.05, 4.69) is 10.5 Å². The number of sulfonamides is 1. The number of carbonyl (C=O) groups excluding carboxylic acids is 1. The Morgan fingerprint density at radius 3 is 2.81 bits per heavy atom. The van der Waals surface area contributed by atoms with Gasteiger partial charge in [-0.25, -0.2) is 13.6 Å². The number of primary sulfonamides is 1. The average molecular weight is 247 g/mol. The van der Waals surface area contributed by atoms with Crippen molar-refractivity contribution in [1.82, 2.24) is 10.5 Å². The molecular weight excluding hydrogens is 234 g/mol. The Morgan fingerprint density at radius 1 is 1.62 bits per heavy atom. The van der Waals surface area contributed by atoms with Crippen LogP contribution in [-0.4, -0.2) is 31.8 Å². The monoisotopic (exact) mass is 247 g/mol. The quantitative estimate of drug-likeness (QED) is 0.673. The fraction of sp³-hybridized carbons (Fsp3) is 0.500. The number of nitrogens with two attached hydrogens (primary N) is 1. The Bertz CT molecular complexity index is 465. The van der Waals surface area contributed by atoms with Gasteiger partial charge in [-0.3, -0.25) is 4.79 Å². The molecule has 0 fully saturated rings. The molecule has 0 saturated carbocycles. The molecule has 0 aliphatic rings. The zero-order valence-corrected chi connectivity index (χ0v) is 9.58. The van der Waals surface area contributed by atoms with Gasteiger partial charge in [-0.1, -0.05) is 5.16 Å². The molecule has 0 radical (unpaired) electrons. The first-order chi connectivity index (χ1) is 7.38. The molecule has 1 heterocycles. The molecule has 90 valence electrons. The van der Waals surface area contributed by atoms with Gasteiger partial charge in [0.25, 0.3) is 5.91 Å². The third kappa shape index (κ3) is 4.41. The number of aromatic nitrogens is 1. The minimum Gasteiger partial charge on any atom is -0.361 e. The van der Waals surface area contributed by atoms with Crippen molar-refractivity contribution in [3.05, 3.63) is 17.5 Å². The minimum absolute atomic E-state index is 0.162. The summed E-state index contributed by atoms with van der Waals surface area (Å²) in [6, 6.07) is 1.50. The Morgan fingerprint density at radius 2 is 2.31 bits per heavy atom. The first-order valence-electron chi connectivity index (χ1n) is 4.60. The summed E-state index contributed by atoms with van der Waals surface area (Å²) in [5.74, 6) is -0.0218. The zero-order chi connectivity index (χ0) is 12.2. The Balaban J connectivity index is 2.31. The number of amides is 1. The van der Waals surface area contributed by atoms with Gasteiger partial charge in [0, 0.05) is 12.6 Å². The second kappa shape index (κ2) is 5.08. The summed E-state index contributed by atoms with van der Waals surface area (Å²) in [6.45, 7) is 1.89. The van der Waals surface area contributed by atoms with Crippen LogP contribution in [0.2, 0.25) is 0 Å². The lowest BCUT2D eigenvalue weighted by atomic mass is 10.3. The van der Waals surface area contributed by atoms with Gasteiger partial charge in [-0.15, -0.1) is 0 Å². The number of rotatable bonds is 5. The largest absolute Gasteiger partial charge is 0.361 e. The molecule has 1 aromatic rings. The van der Waals surface area contributed by atoms with Crippen LogP contribution in [0, 0.1) is 6.92 Å². The zero-order valence-electron chi connectivity index (χ0n) is 8.76. The van der Waals surface area contributed by atoms with E-state index in [4.69, 9.17) is 9.66 Å². The lowest BCUT2D eigenvalue weighted by Crippen LogP contribution is -2.27. The fourth-order valence-corrected chi connectivity index (χ4v) is 1.59. The first-order valence-corrected chi connectivity index (χ1v) is 6.32. The third-order valence-corrected chi connectivity index (χ3v) is 2.61. The van der Waals surface area contributed by atoms with E-state index in [0.29, 0.717) is 5.76 Å². The standard InChI is InChI=1S/C8H13N3O4S/c1-6-5-7(11-15-6)8(12)10-3-2-4-16(9,13)14/h5H,2-4H2,1H3,(H,10,12)(H2,9,13,14). The van der Waals surface area contributed by atoms with Crippen LogP contribution in [0.15, 0.2) is 10.6 Å². The summed E-state index contributed by atoms with van der Waals surface area (Å²) in [4.78, 5) is 11.4. The highest BCUT2D eigenvalue weighted by Crippen LogP contribution is 2.00. The molecule has 3 N–H and O–H groups in total. The highest BCUT2D eigenvalue weighted by atomic mass is 32.2. The topological polar surface area (TPSA) is 115 Å². The summed E-state index contributed by atoms with van der Waals surface area (Å²) in [6.07, 6.45) is 0.265. The van der Waals surface area contributed by atoms with E-state index < -0.39 is 15.9 Å². The summed E-state index contributed by atoms with van der Waals surface area (Å²) >= 11 is 0. The minimum atomic E-state index is -3.47. The summed E-state index contributed by atoms with van der Waals surface area (Å²) in [5.41, 5.74) is 0.174. The van der Waals surface area contributed by atoms with Gasteiger partial charge >= 0.3 is 0 Å². The summed E-state index contributed by atoms with van der Waals surface area (Å²) in [7, 11) is -3.47. The van der Waals surface area contributed by atoms with Crippen molar-refractivity contribution in [1.29, 1.82) is 0 Å². The highest BCUT2D eigenvalue weighted by Gasteiger charge is 2.10. The molecule has 0 spiro atoms. The predicted molar refractivity (Wildman–Crippen MR) is 56.2 cm³/mol. The van der Waals surface area contributed by atoms with Crippen LogP contribution in [-0.2, 0) is 10.0 Å². The van der Waals surface area contributed by atoms with Crippen LogP contribution in [0.1, 0.15) is 22.7 Å². The molecule has 16 heavy (non-hydrogen) atoms. The number of carbonyl (C=O) groups is 1. The molecule has 0 unspecified atom stereocenters. The van der Waals surface area contributed by atoms with Gasteiger partial charge in [0.2, 0.25) is 10.0 Å². The van der Waals surface area contributed by atoms with Gasteiger partial charge in [0.15, 0.2) is 5.69 Å². The fourth-order valence-electron chi connectivity index (χ4n) is 1.04. The van der Waals surface area contributed by atoms with Crippen molar-refractivity contribution < 1.29 is 17.7 Å². The van der Waals surface area contributed by atoms with E-state index in [1.807, 2.05) is 0 Å². The first kappa shape index (κ1) is 12.7. The normalized spacial score (nSPS) is 11.4. The number of nitrogens with zero attached hydrogens (tertiary/aromatic N) is 1. The predicted octanol–water partition coefficient (Wildman–Crippen LogP) is -0.609. The number of aryl methyl sites for hydroxylation is 1. The number of hydrogen-bond donors (Lipinski definition) is 2. The Labute approximate surface area is 93.0 Å². The van der Waals surface area contributed by atoms with E-state index in [1.165, 1.54) is 6.07 Å². The molecule has 0 bridgehead atoms. The van der Waals surface area contributed by atoms with Crippen molar-refractivity contribution in [3.63, 3.8) is 0 Å². The summed E-state index contributed by atoms with van der Waals surface area (Å²) < 4.78 is 25.9. The van der Waals surface area contributed by atoms with E-state index in [1.54, 1.807) is 6.92 Å². The van der Waals surface area contributed by atoms with Crippen LogP contribution in [0.25, 0.3) is 0 Å². The van der Waals surface area contributed by atoms with E-state index in [-0.39, 0.29) is 24.4 Å². The van der Waals surface area contributed by atoms with Crippen molar-refractivity contribution in [3.8, 4) is 0 Å². The highest BCUT2D eigenvalue weighted by molar-refractivity contribution is 7.89. The van der Waals surface area contributed by atoms with Crippen molar-refractivity contribution in [2.24, 2.45) is 5.14 Å². The molecule has 0 aliphatic carbocycles. The molecule has 0 atom stereocenters. The molecule has 8 heteroatoms. The van der Waals surface area contributed by atoms with Crippen LogP contribution >= 0.6 is 0 Å². The van der Waals surface area contributed by atoms with Gasteiger partial charge in [0.1, 0.15) is 5.76 Å². The molecule has 1 amide bonds. The van der Waals surface area contributed by atoms with Crippen LogP contribution in [0.4, 0.5) is 0 Å². The Kier molecular flexibility index (Phi) is 4.02. The lowest BCUT2D eigenvalue weighted by Gasteiger charge is -2.01. The molecule has 0 aliphatic heterocycles. The van der Waals surface area contributed by atoms with Crippen LogP contribution in [0.5, 0.6) is 0 Å². The van der Waals surface area contributed by atoms with Gasteiger partial charge < -0.3 is 9.84 Å². The maximum absolute atomic E-state index is 11.4. The Hall–Kier alpha value is -1.41. The van der Waals surface area contributed by atoms with Gasteiger partial charge in [0.05, 0.1) is 5.75 Å². The van der Waals surface area contributed by atoms with Crippen molar-refractivity contribution in [2.45, 2.75) is 13.3 Å². The van der Waals surface area contributed by atoms with Gasteiger partial charge in [-0.2, -0.15) is 0 Å². The maximum Gasteiger partial charge on any atom is 0.273 e. The SMILES string of the molecule is Cc1cc(C(=O)NCCCS(N)(=O)=O)no1. The second-order valence-electron chi connectivity index (χ2n) is 3.30. The molecule has 1 aromatic heterocycles. The van der Waals surface area contributed by atoms with E-state index in [0.717, 1.165) is 0 Å². The van der Waals surface area contributed by atoms with Gasteiger partial charge in [-0.05, 0) is 13.3 Å². The van der Waals surface area contributed by atoms with Crippen LogP contribution < -0.4 is 10.5 Å². The molecule has 0 saturated heterocycles. The third-order valence-electron chi connectivity index (χ3n) is 1.75.